The van der Waals surface area contributed by atoms with E-state index in [-0.39, 0.29) is 28.8 Å². The number of carbonyl (C=O) groups excluding carboxylic acids is 1. The molecule has 1 aromatic heterocycles. The van der Waals surface area contributed by atoms with Crippen molar-refractivity contribution in [1.82, 2.24) is 10.3 Å². The van der Waals surface area contributed by atoms with Crippen molar-refractivity contribution in [2.75, 3.05) is 13.7 Å². The number of hydrogen-bond acceptors (Lipinski definition) is 4. The van der Waals surface area contributed by atoms with Crippen molar-refractivity contribution in [3.05, 3.63) is 52.6 Å². The fraction of sp³-hybridized carbons (Fsp3) is 0.333. The molecule has 0 fully saturated rings. The minimum Gasteiger partial charge on any atom is -0.494 e. The predicted octanol–water partition coefficient (Wildman–Crippen LogP) is 3.85. The molecule has 5 nitrogen and oxygen atoms in total. The maximum absolute atomic E-state index is 13.7. The van der Waals surface area contributed by atoms with Crippen LogP contribution < -0.4 is 14.8 Å². The summed E-state index contributed by atoms with van der Waals surface area (Å²) in [5.41, 5.74) is 0.813. The Labute approximate surface area is 151 Å². The molecule has 1 heterocycles. The van der Waals surface area contributed by atoms with Crippen LogP contribution in [0.1, 0.15) is 29.8 Å². The highest BCUT2D eigenvalue weighted by Crippen LogP contribution is 2.25. The second-order valence-corrected chi connectivity index (χ2v) is 6.26. The highest BCUT2D eigenvalue weighted by molar-refractivity contribution is 6.34. The van der Waals surface area contributed by atoms with Gasteiger partial charge < -0.3 is 14.8 Å². The van der Waals surface area contributed by atoms with Crippen molar-refractivity contribution < 1.29 is 18.7 Å². The first-order valence-corrected chi connectivity index (χ1v) is 8.17. The Bertz CT molecular complexity index is 753. The Morgan fingerprint density at radius 1 is 1.32 bits per heavy atom. The van der Waals surface area contributed by atoms with Gasteiger partial charge >= 0.3 is 0 Å². The van der Waals surface area contributed by atoms with E-state index < -0.39 is 11.7 Å². The monoisotopic (exact) mass is 366 g/mol. The summed E-state index contributed by atoms with van der Waals surface area (Å²) in [7, 11) is 1.39. The third kappa shape index (κ3) is 5.06. The molecule has 0 aliphatic heterocycles. The number of nitrogens with one attached hydrogen (secondary N) is 1. The largest absolute Gasteiger partial charge is 0.494 e. The number of amides is 1. The van der Waals surface area contributed by atoms with E-state index in [4.69, 9.17) is 21.1 Å². The highest BCUT2D eigenvalue weighted by Gasteiger charge is 2.18. The second-order valence-electron chi connectivity index (χ2n) is 5.85. The van der Waals surface area contributed by atoms with Crippen LogP contribution in [0, 0.1) is 11.7 Å². The van der Waals surface area contributed by atoms with Gasteiger partial charge in [-0.3, -0.25) is 9.78 Å². The summed E-state index contributed by atoms with van der Waals surface area (Å²) in [6.07, 6.45) is 2.84. The van der Waals surface area contributed by atoms with Crippen LogP contribution in [-0.4, -0.2) is 24.6 Å². The number of halogens is 2. The second kappa shape index (κ2) is 8.67. The minimum absolute atomic E-state index is 0.141. The minimum atomic E-state index is -0.489. The molecule has 0 unspecified atom stereocenters. The molecule has 134 valence electrons. The van der Waals surface area contributed by atoms with Gasteiger partial charge in [0.25, 0.3) is 5.91 Å². The lowest BCUT2D eigenvalue weighted by atomic mass is 10.2. The Hall–Kier alpha value is -2.34. The first kappa shape index (κ1) is 19.0. The summed E-state index contributed by atoms with van der Waals surface area (Å²) in [6.45, 7) is 4.57. The maximum Gasteiger partial charge on any atom is 0.256 e. The van der Waals surface area contributed by atoms with Gasteiger partial charge in [0.05, 0.1) is 24.9 Å². The average Bonchev–Trinajstić information content (AvgIpc) is 2.58. The van der Waals surface area contributed by atoms with Crippen LogP contribution in [0.25, 0.3) is 0 Å². The van der Waals surface area contributed by atoms with Gasteiger partial charge in [0.15, 0.2) is 17.3 Å². The summed E-state index contributed by atoms with van der Waals surface area (Å²) in [6, 6.07) is 4.49. The first-order valence-electron chi connectivity index (χ1n) is 7.79. The van der Waals surface area contributed by atoms with Crippen LogP contribution in [-0.2, 0) is 6.54 Å². The zero-order valence-electron chi connectivity index (χ0n) is 14.3. The van der Waals surface area contributed by atoms with Crippen LogP contribution >= 0.6 is 11.6 Å². The van der Waals surface area contributed by atoms with Gasteiger partial charge in [0.2, 0.25) is 0 Å². The third-order valence-electron chi connectivity index (χ3n) is 3.33. The number of pyridine rings is 1. The van der Waals surface area contributed by atoms with Gasteiger partial charge in [0.1, 0.15) is 5.56 Å². The van der Waals surface area contributed by atoms with E-state index in [1.807, 2.05) is 13.8 Å². The Morgan fingerprint density at radius 2 is 2.08 bits per heavy atom. The molecular weight excluding hydrogens is 347 g/mol. The molecule has 1 N–H and O–H groups in total. The van der Waals surface area contributed by atoms with E-state index in [2.05, 4.69) is 10.3 Å². The molecule has 0 aliphatic rings. The number of aromatic nitrogens is 1. The molecule has 2 rings (SSSR count). The molecule has 0 bridgehead atoms. The number of ether oxygens (including phenoxy) is 2. The molecule has 25 heavy (non-hydrogen) atoms. The SMILES string of the molecule is COc1ccc(CNC(=O)c2c(Cl)cncc2OCC(C)C)cc1F. The molecule has 7 heteroatoms. The summed E-state index contributed by atoms with van der Waals surface area (Å²) in [5, 5.41) is 2.90. The van der Waals surface area contributed by atoms with Gasteiger partial charge in [-0.2, -0.15) is 0 Å². The number of nitrogens with zero attached hydrogens (tertiary/aromatic N) is 1. The van der Waals surface area contributed by atoms with E-state index >= 15 is 0 Å². The molecule has 0 radical (unpaired) electrons. The smallest absolute Gasteiger partial charge is 0.256 e. The molecule has 0 atom stereocenters. The zero-order chi connectivity index (χ0) is 18.4. The molecular formula is C18H20ClFN2O3. The Morgan fingerprint density at radius 3 is 2.72 bits per heavy atom. The molecule has 1 aromatic carbocycles. The van der Waals surface area contributed by atoms with Crippen LogP contribution in [0.4, 0.5) is 4.39 Å². The number of rotatable bonds is 7. The van der Waals surface area contributed by atoms with Crippen LogP contribution in [0.2, 0.25) is 5.02 Å². The Kier molecular flexibility index (Phi) is 6.58. The van der Waals surface area contributed by atoms with Crippen LogP contribution in [0.15, 0.2) is 30.6 Å². The van der Waals surface area contributed by atoms with Gasteiger partial charge in [-0.15, -0.1) is 0 Å². The molecule has 0 saturated carbocycles. The average molecular weight is 367 g/mol. The van der Waals surface area contributed by atoms with Gasteiger partial charge in [-0.05, 0) is 23.6 Å². The molecule has 0 aliphatic carbocycles. The number of carbonyl (C=O) groups is 1. The summed E-state index contributed by atoms with van der Waals surface area (Å²) < 4.78 is 24.2. The van der Waals surface area contributed by atoms with Gasteiger partial charge in [-0.25, -0.2) is 4.39 Å². The van der Waals surface area contributed by atoms with Crippen molar-refractivity contribution in [2.45, 2.75) is 20.4 Å². The maximum atomic E-state index is 13.7. The lowest BCUT2D eigenvalue weighted by Crippen LogP contribution is -2.24. The van der Waals surface area contributed by atoms with E-state index in [0.717, 1.165) is 0 Å². The molecule has 0 saturated heterocycles. The van der Waals surface area contributed by atoms with Crippen molar-refractivity contribution in [3.8, 4) is 11.5 Å². The predicted molar refractivity (Wildman–Crippen MR) is 93.7 cm³/mol. The van der Waals surface area contributed by atoms with E-state index in [1.54, 1.807) is 6.07 Å². The first-order chi connectivity index (χ1) is 11.9. The van der Waals surface area contributed by atoms with Gasteiger partial charge in [-0.1, -0.05) is 31.5 Å². The standard InChI is InChI=1S/C18H20ClFN2O3/c1-11(2)10-25-16-9-21-8-13(19)17(16)18(23)22-7-12-4-5-15(24-3)14(20)6-12/h4-6,8-9,11H,7,10H2,1-3H3,(H,22,23). The number of methoxy groups -OCH3 is 1. The van der Waals surface area contributed by atoms with E-state index in [0.29, 0.717) is 17.9 Å². The fourth-order valence-corrected chi connectivity index (χ4v) is 2.33. The zero-order valence-corrected chi connectivity index (χ0v) is 15.1. The molecule has 2 aromatic rings. The highest BCUT2D eigenvalue weighted by atomic mass is 35.5. The van der Waals surface area contributed by atoms with Crippen molar-refractivity contribution in [2.24, 2.45) is 5.92 Å². The molecule has 0 spiro atoms. The normalized spacial score (nSPS) is 10.6. The van der Waals surface area contributed by atoms with E-state index in [1.165, 1.54) is 31.6 Å². The van der Waals surface area contributed by atoms with Crippen molar-refractivity contribution in [1.29, 1.82) is 0 Å². The lowest BCUT2D eigenvalue weighted by Gasteiger charge is -2.14. The van der Waals surface area contributed by atoms with Crippen molar-refractivity contribution in [3.63, 3.8) is 0 Å². The topological polar surface area (TPSA) is 60.5 Å². The summed E-state index contributed by atoms with van der Waals surface area (Å²) >= 11 is 6.11. The fourth-order valence-electron chi connectivity index (χ4n) is 2.09. The number of hydrogen-bond donors (Lipinski definition) is 1. The summed E-state index contributed by atoms with van der Waals surface area (Å²) in [5.74, 6) is -0.145. The van der Waals surface area contributed by atoms with Crippen molar-refractivity contribution >= 4 is 17.5 Å². The van der Waals surface area contributed by atoms with Crippen LogP contribution in [0.3, 0.4) is 0 Å². The van der Waals surface area contributed by atoms with Gasteiger partial charge in [0, 0.05) is 12.7 Å². The lowest BCUT2D eigenvalue weighted by molar-refractivity contribution is 0.0946. The number of benzene rings is 1. The van der Waals surface area contributed by atoms with Crippen LogP contribution in [0.5, 0.6) is 11.5 Å². The quantitative estimate of drug-likeness (QED) is 0.808. The van der Waals surface area contributed by atoms with E-state index in [9.17, 15) is 9.18 Å². The Balaban J connectivity index is 2.11. The third-order valence-corrected chi connectivity index (χ3v) is 3.62. The summed E-state index contributed by atoms with van der Waals surface area (Å²) in [4.78, 5) is 16.4. The molecule has 1 amide bonds.